The standard InChI is InChI=1S/C24H29N5O2S/c1-27-12-14-28(15-13-27)18-8-6-17(7-9-18)26-21(30)10-11-29-16-25-23-22(24(29)31)19-4-2-3-5-20(19)32-23/h6-9,16H,2-5,10-15H2,1H3,(H,26,30). The predicted octanol–water partition coefficient (Wildman–Crippen LogP) is 3.12. The average molecular weight is 452 g/mol. The predicted molar refractivity (Wildman–Crippen MR) is 130 cm³/mol. The Hall–Kier alpha value is -2.71. The van der Waals surface area contributed by atoms with Gasteiger partial charge < -0.3 is 15.1 Å². The first-order valence-corrected chi connectivity index (χ1v) is 12.2. The smallest absolute Gasteiger partial charge is 0.262 e. The first-order chi connectivity index (χ1) is 15.6. The maximum Gasteiger partial charge on any atom is 0.262 e. The molecule has 5 rings (SSSR count). The van der Waals surface area contributed by atoms with E-state index in [0.717, 1.165) is 61.3 Å². The Kier molecular flexibility index (Phi) is 5.97. The summed E-state index contributed by atoms with van der Waals surface area (Å²) in [5.74, 6) is -0.100. The summed E-state index contributed by atoms with van der Waals surface area (Å²) in [4.78, 5) is 36.9. The lowest BCUT2D eigenvalue weighted by atomic mass is 9.97. The molecule has 1 aliphatic carbocycles. The molecule has 1 saturated heterocycles. The molecule has 1 N–H and O–H groups in total. The minimum absolute atomic E-state index is 0.0151. The molecule has 2 aromatic heterocycles. The van der Waals surface area contributed by atoms with Gasteiger partial charge in [0.25, 0.3) is 5.56 Å². The zero-order valence-corrected chi connectivity index (χ0v) is 19.3. The zero-order valence-electron chi connectivity index (χ0n) is 18.5. The third kappa shape index (κ3) is 4.29. The molecule has 7 nitrogen and oxygen atoms in total. The van der Waals surface area contributed by atoms with Crippen LogP contribution in [0, 0.1) is 0 Å². The molecule has 1 aromatic carbocycles. The number of fused-ring (bicyclic) bond motifs is 3. The van der Waals surface area contributed by atoms with Crippen LogP contribution in [0.2, 0.25) is 0 Å². The number of nitrogens with one attached hydrogen (secondary N) is 1. The molecule has 0 bridgehead atoms. The quantitative estimate of drug-likeness (QED) is 0.646. The van der Waals surface area contributed by atoms with Gasteiger partial charge in [0.1, 0.15) is 4.83 Å². The summed E-state index contributed by atoms with van der Waals surface area (Å²) in [5.41, 5.74) is 3.13. The number of likely N-dealkylation sites (N-methyl/N-ethyl adjacent to an activating group) is 1. The lowest BCUT2D eigenvalue weighted by molar-refractivity contribution is -0.116. The van der Waals surface area contributed by atoms with Crippen molar-refractivity contribution in [1.82, 2.24) is 14.5 Å². The van der Waals surface area contributed by atoms with Crippen molar-refractivity contribution in [2.24, 2.45) is 0 Å². The highest BCUT2D eigenvalue weighted by atomic mass is 32.1. The fraction of sp³-hybridized carbons (Fsp3) is 0.458. The van der Waals surface area contributed by atoms with Gasteiger partial charge in [-0.05, 0) is 62.6 Å². The third-order valence-corrected chi connectivity index (χ3v) is 7.74. The average Bonchev–Trinajstić information content (AvgIpc) is 3.19. The highest BCUT2D eigenvalue weighted by molar-refractivity contribution is 7.18. The van der Waals surface area contributed by atoms with E-state index < -0.39 is 0 Å². The third-order valence-electron chi connectivity index (χ3n) is 6.54. The van der Waals surface area contributed by atoms with E-state index in [2.05, 4.69) is 39.3 Å². The fourth-order valence-corrected chi connectivity index (χ4v) is 5.83. The van der Waals surface area contributed by atoms with Gasteiger partial charge in [0.05, 0.1) is 11.7 Å². The Bertz CT molecular complexity index is 1180. The lowest BCUT2D eigenvalue weighted by Gasteiger charge is -2.34. The van der Waals surface area contributed by atoms with Crippen molar-refractivity contribution >= 4 is 38.8 Å². The van der Waals surface area contributed by atoms with Crippen LogP contribution in [0.1, 0.15) is 29.7 Å². The Morgan fingerprint density at radius 2 is 1.84 bits per heavy atom. The van der Waals surface area contributed by atoms with Crippen LogP contribution in [-0.2, 0) is 24.2 Å². The SMILES string of the molecule is CN1CCN(c2ccc(NC(=O)CCn3cnc4sc5c(c4c3=O)CCCC5)cc2)CC1. The van der Waals surface area contributed by atoms with Gasteiger partial charge >= 0.3 is 0 Å². The van der Waals surface area contributed by atoms with Gasteiger partial charge in [-0.1, -0.05) is 0 Å². The topological polar surface area (TPSA) is 70.5 Å². The molecule has 1 aliphatic heterocycles. The van der Waals surface area contributed by atoms with Crippen molar-refractivity contribution in [2.45, 2.75) is 38.6 Å². The fourth-order valence-electron chi connectivity index (χ4n) is 4.61. The van der Waals surface area contributed by atoms with Crippen molar-refractivity contribution in [1.29, 1.82) is 0 Å². The summed E-state index contributed by atoms with van der Waals surface area (Å²) in [5, 5.41) is 3.72. The van der Waals surface area contributed by atoms with E-state index in [1.165, 1.54) is 22.5 Å². The van der Waals surface area contributed by atoms with Gasteiger partial charge in [0, 0.05) is 55.4 Å². The molecule has 1 fully saturated rings. The van der Waals surface area contributed by atoms with E-state index >= 15 is 0 Å². The van der Waals surface area contributed by atoms with Gasteiger partial charge in [0.15, 0.2) is 0 Å². The van der Waals surface area contributed by atoms with Crippen LogP contribution < -0.4 is 15.8 Å². The molecular weight excluding hydrogens is 422 g/mol. The van der Waals surface area contributed by atoms with Gasteiger partial charge in [-0.3, -0.25) is 14.2 Å². The summed E-state index contributed by atoms with van der Waals surface area (Å²) in [7, 11) is 2.15. The van der Waals surface area contributed by atoms with E-state index in [9.17, 15) is 9.59 Å². The molecular formula is C24H29N5O2S. The van der Waals surface area contributed by atoms with Gasteiger partial charge in [0.2, 0.25) is 5.91 Å². The first kappa shape index (κ1) is 21.2. The largest absolute Gasteiger partial charge is 0.369 e. The Balaban J connectivity index is 1.21. The highest BCUT2D eigenvalue weighted by Crippen LogP contribution is 2.33. The number of hydrogen-bond acceptors (Lipinski definition) is 6. The van der Waals surface area contributed by atoms with Gasteiger partial charge in [-0.15, -0.1) is 11.3 Å². The van der Waals surface area contributed by atoms with Crippen LogP contribution in [0.15, 0.2) is 35.4 Å². The molecule has 0 spiro atoms. The number of hydrogen-bond donors (Lipinski definition) is 1. The van der Waals surface area contributed by atoms with Gasteiger partial charge in [-0.2, -0.15) is 0 Å². The number of carbonyl (C=O) groups excluding carboxylic acids is 1. The van der Waals surface area contributed by atoms with Crippen LogP contribution in [0.4, 0.5) is 11.4 Å². The van der Waals surface area contributed by atoms with Gasteiger partial charge in [-0.25, -0.2) is 4.98 Å². The Morgan fingerprint density at radius 3 is 2.62 bits per heavy atom. The molecule has 0 atom stereocenters. The first-order valence-electron chi connectivity index (χ1n) is 11.4. The van der Waals surface area contributed by atoms with Crippen molar-refractivity contribution in [3.05, 3.63) is 51.4 Å². The van der Waals surface area contributed by atoms with E-state index in [0.29, 0.717) is 6.54 Å². The number of nitrogens with zero attached hydrogens (tertiary/aromatic N) is 4. The number of carbonyl (C=O) groups is 1. The van der Waals surface area contributed by atoms with E-state index in [1.807, 2.05) is 12.1 Å². The second-order valence-electron chi connectivity index (χ2n) is 8.77. The van der Waals surface area contributed by atoms with E-state index in [4.69, 9.17) is 0 Å². The molecule has 32 heavy (non-hydrogen) atoms. The monoisotopic (exact) mass is 451 g/mol. The molecule has 0 unspecified atom stereocenters. The van der Waals surface area contributed by atoms with Crippen molar-refractivity contribution in [3.63, 3.8) is 0 Å². The summed E-state index contributed by atoms with van der Waals surface area (Å²) in [6.45, 7) is 4.49. The molecule has 2 aliphatic rings. The molecule has 168 valence electrons. The summed E-state index contributed by atoms with van der Waals surface area (Å²) in [6, 6.07) is 8.01. The number of aryl methyl sites for hydroxylation is 3. The van der Waals surface area contributed by atoms with Crippen LogP contribution in [-0.4, -0.2) is 53.6 Å². The Morgan fingerprint density at radius 1 is 1.09 bits per heavy atom. The van der Waals surface area contributed by atoms with Crippen LogP contribution >= 0.6 is 11.3 Å². The maximum atomic E-state index is 13.0. The minimum Gasteiger partial charge on any atom is -0.369 e. The van der Waals surface area contributed by atoms with E-state index in [1.54, 1.807) is 22.2 Å². The van der Waals surface area contributed by atoms with Crippen LogP contribution in [0.3, 0.4) is 0 Å². The van der Waals surface area contributed by atoms with Crippen LogP contribution in [0.25, 0.3) is 10.2 Å². The molecule has 1 amide bonds. The number of benzene rings is 1. The number of piperazine rings is 1. The number of amides is 1. The second kappa shape index (κ2) is 9.03. The zero-order chi connectivity index (χ0) is 22.1. The number of thiophene rings is 1. The summed E-state index contributed by atoms with van der Waals surface area (Å²) in [6.07, 6.45) is 6.14. The van der Waals surface area contributed by atoms with E-state index in [-0.39, 0.29) is 17.9 Å². The molecule has 0 radical (unpaired) electrons. The van der Waals surface area contributed by atoms with Crippen LogP contribution in [0.5, 0.6) is 0 Å². The lowest BCUT2D eigenvalue weighted by Crippen LogP contribution is -2.44. The molecule has 0 saturated carbocycles. The molecule has 3 heterocycles. The Labute approximate surface area is 191 Å². The summed E-state index contributed by atoms with van der Waals surface area (Å²) < 4.78 is 1.58. The van der Waals surface area contributed by atoms with Crippen molar-refractivity contribution in [3.8, 4) is 0 Å². The molecule has 8 heteroatoms. The summed E-state index contributed by atoms with van der Waals surface area (Å²) >= 11 is 1.65. The molecule has 3 aromatic rings. The van der Waals surface area contributed by atoms with Crippen molar-refractivity contribution < 1.29 is 4.79 Å². The number of anilines is 2. The highest BCUT2D eigenvalue weighted by Gasteiger charge is 2.20. The maximum absolute atomic E-state index is 13.0. The number of rotatable bonds is 5. The number of aromatic nitrogens is 2. The normalized spacial score (nSPS) is 16.8. The van der Waals surface area contributed by atoms with Crippen molar-refractivity contribution in [2.75, 3.05) is 43.4 Å². The minimum atomic E-state index is -0.100. The second-order valence-corrected chi connectivity index (χ2v) is 9.85.